The number of ether oxygens (including phenoxy) is 1. The van der Waals surface area contributed by atoms with Gasteiger partial charge in [0.05, 0.1) is 18.3 Å². The normalized spacial score (nSPS) is 10.2. The fraction of sp³-hybridized carbons (Fsp3) is 0.462. The number of aromatic nitrogens is 4. The first kappa shape index (κ1) is 17.7. The Hall–Kier alpha value is -2.69. The second-order valence-corrected chi connectivity index (χ2v) is 5.31. The minimum Gasteiger partial charge on any atom is -0.463 e. The van der Waals surface area contributed by atoms with E-state index in [0.717, 1.165) is 31.0 Å². The van der Waals surface area contributed by atoms with E-state index in [-0.39, 0.29) is 12.0 Å². The summed E-state index contributed by atoms with van der Waals surface area (Å²) in [5.74, 6) is 1.78. The molecule has 2 heterocycles. The van der Waals surface area contributed by atoms with E-state index in [1.165, 1.54) is 11.7 Å². The molecule has 0 amide bonds. The number of nitrogens with two attached hydrogens (primary N) is 1. The van der Waals surface area contributed by atoms with Crippen LogP contribution in [0.1, 0.15) is 19.8 Å². The van der Waals surface area contributed by atoms with Gasteiger partial charge in [-0.2, -0.15) is 13.7 Å². The minimum absolute atomic E-state index is 0.187. The molecule has 0 aliphatic heterocycles. The Morgan fingerprint density at radius 3 is 2.75 bits per heavy atom. The highest BCUT2D eigenvalue weighted by molar-refractivity contribution is 6.99. The minimum atomic E-state index is -0.187. The van der Waals surface area contributed by atoms with Crippen LogP contribution in [0.15, 0.2) is 12.3 Å². The molecule has 0 aliphatic rings. The number of guanidine groups is 1. The summed E-state index contributed by atoms with van der Waals surface area (Å²) in [7, 11) is 0. The van der Waals surface area contributed by atoms with Crippen LogP contribution < -0.4 is 26.4 Å². The second-order valence-electron chi connectivity index (χ2n) is 4.78. The van der Waals surface area contributed by atoms with Crippen LogP contribution in [0.4, 0.5) is 17.5 Å². The third kappa shape index (κ3) is 5.83. The van der Waals surface area contributed by atoms with Crippen molar-refractivity contribution in [2.24, 2.45) is 5.73 Å². The summed E-state index contributed by atoms with van der Waals surface area (Å²) >= 11 is 1.17. The molecule has 0 aromatic carbocycles. The Kier molecular flexibility index (Phi) is 6.95. The fourth-order valence-corrected chi connectivity index (χ4v) is 2.23. The van der Waals surface area contributed by atoms with Gasteiger partial charge in [-0.1, -0.05) is 6.92 Å². The van der Waals surface area contributed by atoms with Gasteiger partial charge < -0.3 is 26.4 Å². The lowest BCUT2D eigenvalue weighted by atomic mass is 10.4. The van der Waals surface area contributed by atoms with Gasteiger partial charge in [0.1, 0.15) is 5.82 Å². The molecule has 0 spiro atoms. The Bertz CT molecular complexity index is 648. The lowest BCUT2D eigenvalue weighted by molar-refractivity contribution is 0.290. The first-order chi connectivity index (χ1) is 11.7. The number of nitrogens with one attached hydrogen (secondary N) is 4. The number of anilines is 3. The number of hydrogen-bond acceptors (Lipinski definition) is 9. The molecule has 0 radical (unpaired) electrons. The second kappa shape index (κ2) is 9.45. The van der Waals surface area contributed by atoms with E-state index in [1.807, 2.05) is 0 Å². The van der Waals surface area contributed by atoms with Gasteiger partial charge in [0.25, 0.3) is 0 Å². The topological polar surface area (TPSA) is 147 Å². The van der Waals surface area contributed by atoms with Gasteiger partial charge in [-0.25, -0.2) is 4.98 Å². The average molecular weight is 351 g/mol. The van der Waals surface area contributed by atoms with Gasteiger partial charge in [-0.05, 0) is 18.9 Å². The summed E-state index contributed by atoms with van der Waals surface area (Å²) in [4.78, 5) is 8.10. The van der Waals surface area contributed by atoms with E-state index in [2.05, 4.69) is 41.6 Å². The van der Waals surface area contributed by atoms with Crippen LogP contribution in [-0.4, -0.2) is 44.4 Å². The van der Waals surface area contributed by atoms with Crippen LogP contribution in [0, 0.1) is 5.41 Å². The molecule has 2 aromatic heterocycles. The van der Waals surface area contributed by atoms with Gasteiger partial charge in [0.2, 0.25) is 0 Å². The van der Waals surface area contributed by atoms with Gasteiger partial charge in [-0.3, -0.25) is 5.41 Å². The quantitative estimate of drug-likeness (QED) is 0.243. The first-order valence-electron chi connectivity index (χ1n) is 7.56. The molecule has 0 fully saturated rings. The van der Waals surface area contributed by atoms with Crippen molar-refractivity contribution in [1.29, 1.82) is 5.41 Å². The van der Waals surface area contributed by atoms with Crippen molar-refractivity contribution >= 4 is 35.1 Å². The monoisotopic (exact) mass is 351 g/mol. The van der Waals surface area contributed by atoms with Crippen molar-refractivity contribution in [3.63, 3.8) is 0 Å². The number of rotatable bonds is 10. The third-order valence-corrected chi connectivity index (χ3v) is 3.30. The molecule has 0 bridgehead atoms. The first-order valence-corrected chi connectivity index (χ1v) is 8.29. The molecule has 0 aliphatic carbocycles. The average Bonchev–Trinajstić information content (AvgIpc) is 2.99. The highest BCUT2D eigenvalue weighted by Gasteiger charge is 2.06. The summed E-state index contributed by atoms with van der Waals surface area (Å²) in [6.07, 6.45) is 3.32. The third-order valence-electron chi connectivity index (χ3n) is 2.77. The molecule has 2 aromatic rings. The van der Waals surface area contributed by atoms with Gasteiger partial charge in [0.15, 0.2) is 17.6 Å². The van der Waals surface area contributed by atoms with Crippen molar-refractivity contribution in [1.82, 2.24) is 18.7 Å². The summed E-state index contributed by atoms with van der Waals surface area (Å²) in [5, 5.41) is 16.2. The van der Waals surface area contributed by atoms with Crippen LogP contribution >= 0.6 is 11.7 Å². The van der Waals surface area contributed by atoms with Crippen molar-refractivity contribution < 1.29 is 4.74 Å². The molecule has 24 heavy (non-hydrogen) atoms. The van der Waals surface area contributed by atoms with Crippen molar-refractivity contribution in [2.75, 3.05) is 35.6 Å². The Labute approximate surface area is 144 Å². The van der Waals surface area contributed by atoms with E-state index in [4.69, 9.17) is 15.9 Å². The molecule has 2 rings (SSSR count). The summed E-state index contributed by atoms with van der Waals surface area (Å²) in [6, 6.07) is 1.84. The van der Waals surface area contributed by atoms with Crippen molar-refractivity contribution in [3.8, 4) is 6.01 Å². The van der Waals surface area contributed by atoms with E-state index < -0.39 is 0 Å². The highest BCUT2D eigenvalue weighted by Crippen LogP contribution is 2.17. The fourth-order valence-electron chi connectivity index (χ4n) is 1.72. The predicted octanol–water partition coefficient (Wildman–Crippen LogP) is 1.34. The predicted molar refractivity (Wildman–Crippen MR) is 94.9 cm³/mol. The zero-order valence-corrected chi connectivity index (χ0v) is 14.2. The summed E-state index contributed by atoms with van der Waals surface area (Å²) < 4.78 is 13.9. The molecular weight excluding hydrogens is 330 g/mol. The van der Waals surface area contributed by atoms with Crippen LogP contribution in [0.25, 0.3) is 0 Å². The lowest BCUT2D eigenvalue weighted by Crippen LogP contribution is -2.21. The largest absolute Gasteiger partial charge is 0.463 e. The Balaban J connectivity index is 1.70. The smallest absolute Gasteiger partial charge is 0.318 e. The molecule has 6 N–H and O–H groups in total. The molecule has 0 atom stereocenters. The maximum Gasteiger partial charge on any atom is 0.318 e. The van der Waals surface area contributed by atoms with E-state index in [0.29, 0.717) is 19.0 Å². The molecule has 0 saturated carbocycles. The Morgan fingerprint density at radius 2 is 2.04 bits per heavy atom. The van der Waals surface area contributed by atoms with E-state index >= 15 is 0 Å². The van der Waals surface area contributed by atoms with Crippen LogP contribution in [0.3, 0.4) is 0 Å². The highest BCUT2D eigenvalue weighted by atomic mass is 32.1. The summed E-state index contributed by atoms with van der Waals surface area (Å²) in [6.45, 7) is 4.11. The Morgan fingerprint density at radius 1 is 1.29 bits per heavy atom. The standard InChI is InChI=1S/C13H21N9OS/c1-2-5-16-10-11(22-24-21-10)17-6-3-8-23-13-18-7-4-9(20-13)19-12(14)15/h4,7H,2-3,5-6,8H2,1H3,(H,16,21)(H,17,22)(H4,14,15,18,19,20). The van der Waals surface area contributed by atoms with Crippen LogP contribution in [0.5, 0.6) is 6.01 Å². The molecule has 11 heteroatoms. The van der Waals surface area contributed by atoms with Crippen LogP contribution in [0.2, 0.25) is 0 Å². The van der Waals surface area contributed by atoms with Gasteiger partial charge in [-0.15, -0.1) is 0 Å². The van der Waals surface area contributed by atoms with Crippen molar-refractivity contribution in [2.45, 2.75) is 19.8 Å². The zero-order chi connectivity index (χ0) is 17.2. The maximum absolute atomic E-state index is 7.16. The van der Waals surface area contributed by atoms with E-state index in [9.17, 15) is 0 Å². The molecule has 0 saturated heterocycles. The van der Waals surface area contributed by atoms with Gasteiger partial charge >= 0.3 is 6.01 Å². The number of hydrogen-bond donors (Lipinski definition) is 5. The maximum atomic E-state index is 7.16. The summed E-state index contributed by atoms with van der Waals surface area (Å²) in [5.41, 5.74) is 5.25. The molecule has 10 nitrogen and oxygen atoms in total. The van der Waals surface area contributed by atoms with Crippen LogP contribution in [-0.2, 0) is 0 Å². The lowest BCUT2D eigenvalue weighted by Gasteiger charge is -2.08. The van der Waals surface area contributed by atoms with Crippen molar-refractivity contribution in [3.05, 3.63) is 12.3 Å². The molecule has 130 valence electrons. The van der Waals surface area contributed by atoms with Gasteiger partial charge in [0, 0.05) is 19.3 Å². The molecular formula is C13H21N9OS. The van der Waals surface area contributed by atoms with E-state index in [1.54, 1.807) is 12.3 Å². The molecule has 0 unspecified atom stereocenters. The SMILES string of the molecule is CCCNc1nsnc1NCCCOc1nccc(NC(=N)N)n1. The zero-order valence-electron chi connectivity index (χ0n) is 13.4. The number of nitrogens with zero attached hydrogens (tertiary/aromatic N) is 4.